The van der Waals surface area contributed by atoms with Crippen LogP contribution in [0.2, 0.25) is 0 Å². The SMILES string of the molecule is C=C[C@@H](NC(=O)c1cc(-n2nncc2CC)c2ncc(-c3ccc(C)s3)n2c1)c1nc(C)no1. The maximum atomic E-state index is 13.4. The van der Waals surface area contributed by atoms with Crippen molar-refractivity contribution < 1.29 is 9.32 Å². The highest BCUT2D eigenvalue weighted by molar-refractivity contribution is 7.15. The number of pyridine rings is 1. The van der Waals surface area contributed by atoms with E-state index >= 15 is 0 Å². The molecule has 11 heteroatoms. The first-order chi connectivity index (χ1) is 16.5. The number of aryl methyl sites for hydroxylation is 3. The van der Waals surface area contributed by atoms with Crippen LogP contribution in [-0.2, 0) is 6.42 Å². The van der Waals surface area contributed by atoms with Crippen molar-refractivity contribution in [2.24, 2.45) is 0 Å². The van der Waals surface area contributed by atoms with Gasteiger partial charge in [0.2, 0.25) is 0 Å². The molecule has 34 heavy (non-hydrogen) atoms. The highest BCUT2D eigenvalue weighted by atomic mass is 32.1. The van der Waals surface area contributed by atoms with E-state index in [-0.39, 0.29) is 11.8 Å². The quantitative estimate of drug-likeness (QED) is 0.356. The summed E-state index contributed by atoms with van der Waals surface area (Å²) in [5.41, 5.74) is 3.53. The minimum atomic E-state index is -0.632. The van der Waals surface area contributed by atoms with Crippen LogP contribution >= 0.6 is 11.3 Å². The van der Waals surface area contributed by atoms with Crippen LogP contribution in [0, 0.1) is 13.8 Å². The molecule has 1 atom stereocenters. The predicted molar refractivity (Wildman–Crippen MR) is 127 cm³/mol. The molecule has 5 aromatic rings. The Morgan fingerprint density at radius 2 is 2.18 bits per heavy atom. The minimum absolute atomic E-state index is 0.268. The molecule has 0 aromatic carbocycles. The molecule has 0 unspecified atom stereocenters. The molecule has 5 aromatic heterocycles. The van der Waals surface area contributed by atoms with E-state index in [1.54, 1.807) is 47.5 Å². The van der Waals surface area contributed by atoms with Crippen molar-refractivity contribution in [1.29, 1.82) is 0 Å². The van der Waals surface area contributed by atoms with E-state index in [4.69, 9.17) is 4.52 Å². The Morgan fingerprint density at radius 1 is 1.32 bits per heavy atom. The van der Waals surface area contributed by atoms with Gasteiger partial charge in [0.25, 0.3) is 11.8 Å². The summed E-state index contributed by atoms with van der Waals surface area (Å²) in [5, 5.41) is 15.0. The van der Waals surface area contributed by atoms with Gasteiger partial charge in [0.1, 0.15) is 11.7 Å². The van der Waals surface area contributed by atoms with E-state index in [2.05, 4.69) is 56.4 Å². The molecule has 0 aliphatic heterocycles. The van der Waals surface area contributed by atoms with Crippen LogP contribution in [0.5, 0.6) is 0 Å². The van der Waals surface area contributed by atoms with E-state index in [9.17, 15) is 4.79 Å². The number of imidazole rings is 1. The molecule has 0 saturated carbocycles. The van der Waals surface area contributed by atoms with Crippen molar-refractivity contribution in [3.05, 3.63) is 77.3 Å². The Labute approximate surface area is 199 Å². The summed E-state index contributed by atoms with van der Waals surface area (Å²) < 4.78 is 8.85. The van der Waals surface area contributed by atoms with Gasteiger partial charge in [-0.25, -0.2) is 9.67 Å². The van der Waals surface area contributed by atoms with Crippen molar-refractivity contribution in [3.63, 3.8) is 0 Å². The number of nitrogens with one attached hydrogen (secondary N) is 1. The summed E-state index contributed by atoms with van der Waals surface area (Å²) in [6.45, 7) is 9.59. The van der Waals surface area contributed by atoms with Gasteiger partial charge in [0.15, 0.2) is 11.5 Å². The zero-order valence-corrected chi connectivity index (χ0v) is 19.7. The summed E-state index contributed by atoms with van der Waals surface area (Å²) >= 11 is 1.66. The smallest absolute Gasteiger partial charge is 0.253 e. The number of thiophene rings is 1. The van der Waals surface area contributed by atoms with Crippen molar-refractivity contribution in [2.45, 2.75) is 33.2 Å². The second kappa shape index (κ2) is 8.67. The van der Waals surface area contributed by atoms with Crippen LogP contribution in [0.4, 0.5) is 0 Å². The van der Waals surface area contributed by atoms with Gasteiger partial charge in [-0.1, -0.05) is 23.4 Å². The Hall–Kier alpha value is -4.12. The lowest BCUT2D eigenvalue weighted by Crippen LogP contribution is -2.28. The Morgan fingerprint density at radius 3 is 2.85 bits per heavy atom. The van der Waals surface area contributed by atoms with Gasteiger partial charge in [-0.05, 0) is 38.5 Å². The largest absolute Gasteiger partial charge is 0.337 e. The highest BCUT2D eigenvalue weighted by Gasteiger charge is 2.22. The fraction of sp³-hybridized carbons (Fsp3) is 0.217. The first-order valence-corrected chi connectivity index (χ1v) is 11.5. The molecule has 0 aliphatic rings. The molecule has 0 bridgehead atoms. The van der Waals surface area contributed by atoms with Gasteiger partial charge in [-0.2, -0.15) is 4.98 Å². The Kier molecular flexibility index (Phi) is 5.54. The van der Waals surface area contributed by atoms with Gasteiger partial charge in [-0.3, -0.25) is 9.20 Å². The molecule has 0 aliphatic carbocycles. The van der Waals surface area contributed by atoms with Gasteiger partial charge < -0.3 is 9.84 Å². The molecule has 0 spiro atoms. The highest BCUT2D eigenvalue weighted by Crippen LogP contribution is 2.30. The summed E-state index contributed by atoms with van der Waals surface area (Å²) in [4.78, 5) is 24.5. The number of rotatable bonds is 7. The lowest BCUT2D eigenvalue weighted by molar-refractivity contribution is 0.0937. The molecular weight excluding hydrogens is 452 g/mol. The first kappa shape index (κ1) is 21.7. The number of aromatic nitrogens is 7. The Balaban J connectivity index is 1.64. The van der Waals surface area contributed by atoms with Crippen molar-refractivity contribution in [1.82, 2.24) is 39.8 Å². The van der Waals surface area contributed by atoms with E-state index in [0.29, 0.717) is 22.7 Å². The fourth-order valence-electron chi connectivity index (χ4n) is 3.69. The number of amides is 1. The first-order valence-electron chi connectivity index (χ1n) is 10.7. The second-order valence-electron chi connectivity index (χ2n) is 7.72. The third-order valence-corrected chi connectivity index (χ3v) is 6.41. The summed E-state index contributed by atoms with van der Waals surface area (Å²) in [7, 11) is 0. The molecule has 172 valence electrons. The van der Waals surface area contributed by atoms with Crippen molar-refractivity contribution in [2.75, 3.05) is 0 Å². The standard InChI is InChI=1S/C23H22N8O2S/c1-5-16-10-25-29-31(16)18-9-15(22(32)27-17(6-2)23-26-14(4)28-33-23)12-30-19(11-24-21(18)30)20-8-7-13(3)34-20/h6-12,17H,2,5H2,1,3-4H3,(H,27,32)/t17-/m1/s1. The topological polar surface area (TPSA) is 116 Å². The van der Waals surface area contributed by atoms with Gasteiger partial charge in [0.05, 0.1) is 34.2 Å². The number of fused-ring (bicyclic) bond motifs is 1. The average molecular weight is 475 g/mol. The molecule has 0 saturated heterocycles. The van der Waals surface area contributed by atoms with E-state index < -0.39 is 6.04 Å². The molecular formula is C23H22N8O2S. The van der Waals surface area contributed by atoms with Gasteiger partial charge in [-0.15, -0.1) is 23.0 Å². The normalized spacial score (nSPS) is 12.2. The fourth-order valence-corrected chi connectivity index (χ4v) is 4.56. The summed E-state index contributed by atoms with van der Waals surface area (Å²) in [6, 6.07) is 5.24. The van der Waals surface area contributed by atoms with Crippen LogP contribution in [0.25, 0.3) is 21.9 Å². The molecule has 1 N–H and O–H groups in total. The monoisotopic (exact) mass is 474 g/mol. The molecule has 5 rings (SSSR count). The summed E-state index contributed by atoms with van der Waals surface area (Å²) in [5.74, 6) is 0.417. The van der Waals surface area contributed by atoms with Crippen LogP contribution in [0.1, 0.15) is 45.6 Å². The van der Waals surface area contributed by atoms with Crippen LogP contribution in [0.3, 0.4) is 0 Å². The molecule has 5 heterocycles. The number of carbonyl (C=O) groups is 1. The predicted octanol–water partition coefficient (Wildman–Crippen LogP) is 3.86. The third-order valence-electron chi connectivity index (χ3n) is 5.38. The van der Waals surface area contributed by atoms with Crippen LogP contribution in [-0.4, -0.2) is 40.4 Å². The van der Waals surface area contributed by atoms with Crippen LogP contribution < -0.4 is 5.32 Å². The zero-order chi connectivity index (χ0) is 23.8. The molecule has 0 radical (unpaired) electrons. The Bertz CT molecular complexity index is 1510. The zero-order valence-electron chi connectivity index (χ0n) is 18.9. The second-order valence-corrected chi connectivity index (χ2v) is 9.01. The van der Waals surface area contributed by atoms with Crippen molar-refractivity contribution in [3.8, 4) is 16.3 Å². The molecule has 0 fully saturated rings. The number of nitrogens with zero attached hydrogens (tertiary/aromatic N) is 7. The third kappa shape index (κ3) is 3.79. The van der Waals surface area contributed by atoms with E-state index in [0.717, 1.165) is 22.7 Å². The molecule has 1 amide bonds. The maximum absolute atomic E-state index is 13.4. The number of carbonyl (C=O) groups excluding carboxylic acids is 1. The molecule has 10 nitrogen and oxygen atoms in total. The lowest BCUT2D eigenvalue weighted by atomic mass is 10.2. The maximum Gasteiger partial charge on any atom is 0.253 e. The van der Waals surface area contributed by atoms with Gasteiger partial charge >= 0.3 is 0 Å². The number of hydrogen-bond donors (Lipinski definition) is 1. The van der Waals surface area contributed by atoms with E-state index in [1.165, 1.54) is 4.88 Å². The number of hydrogen-bond acceptors (Lipinski definition) is 8. The van der Waals surface area contributed by atoms with Gasteiger partial charge in [0, 0.05) is 11.1 Å². The van der Waals surface area contributed by atoms with Crippen molar-refractivity contribution >= 4 is 22.9 Å². The van der Waals surface area contributed by atoms with E-state index in [1.807, 2.05) is 17.5 Å². The minimum Gasteiger partial charge on any atom is -0.337 e. The lowest BCUT2D eigenvalue weighted by Gasteiger charge is -2.14. The van der Waals surface area contributed by atoms with Crippen LogP contribution in [0.15, 0.2) is 54.0 Å². The summed E-state index contributed by atoms with van der Waals surface area (Å²) in [6.07, 6.45) is 7.56. The average Bonchev–Trinajstić information content (AvgIpc) is 3.63.